The van der Waals surface area contributed by atoms with Crippen LogP contribution in [0.3, 0.4) is 0 Å². The third-order valence-corrected chi connectivity index (χ3v) is 2.05. The van der Waals surface area contributed by atoms with Gasteiger partial charge in [0.15, 0.2) is 11.5 Å². The second kappa shape index (κ2) is 5.31. The smallest absolute Gasteiger partial charge is 0.327 e. The Kier molecular flexibility index (Phi) is 4.06. The number of phenolic OH excluding ortho intramolecular Hbond substituents is 1. The molecule has 3 N–H and O–H groups in total. The largest absolute Gasteiger partial charge is 0.504 e. The van der Waals surface area contributed by atoms with E-state index in [4.69, 9.17) is 10.5 Å². The van der Waals surface area contributed by atoms with Crippen LogP contribution >= 0.6 is 0 Å². The topological polar surface area (TPSA) is 98.9 Å². The van der Waals surface area contributed by atoms with Crippen molar-refractivity contribution in [1.82, 2.24) is 0 Å². The summed E-state index contributed by atoms with van der Waals surface area (Å²) >= 11 is 0. The number of benzene rings is 1. The van der Waals surface area contributed by atoms with Gasteiger partial charge in [0, 0.05) is 6.92 Å². The van der Waals surface area contributed by atoms with Gasteiger partial charge < -0.3 is 20.3 Å². The van der Waals surface area contributed by atoms with Gasteiger partial charge in [-0.2, -0.15) is 0 Å². The number of phenols is 1. The predicted molar refractivity (Wildman–Crippen MR) is 58.4 cm³/mol. The highest BCUT2D eigenvalue weighted by molar-refractivity contribution is 5.77. The van der Waals surface area contributed by atoms with Crippen LogP contribution in [-0.2, 0) is 14.3 Å². The fourth-order valence-electron chi connectivity index (χ4n) is 1.23. The SMILES string of the molecule is COC(=O)[C@@H](N)c1ccc(OC(C)=O)c(O)c1. The molecule has 0 saturated heterocycles. The summed E-state index contributed by atoms with van der Waals surface area (Å²) in [5.74, 6) is -1.43. The Morgan fingerprint density at radius 2 is 2.06 bits per heavy atom. The minimum Gasteiger partial charge on any atom is -0.504 e. The van der Waals surface area contributed by atoms with Gasteiger partial charge in [0.25, 0.3) is 0 Å². The van der Waals surface area contributed by atoms with Crippen LogP contribution in [0.25, 0.3) is 0 Å². The number of esters is 2. The second-order valence-electron chi connectivity index (χ2n) is 3.32. The van der Waals surface area contributed by atoms with E-state index in [0.717, 1.165) is 0 Å². The molecule has 0 radical (unpaired) electrons. The first-order valence-electron chi connectivity index (χ1n) is 4.80. The molecule has 1 aromatic carbocycles. The lowest BCUT2D eigenvalue weighted by Crippen LogP contribution is -2.22. The Balaban J connectivity index is 2.96. The lowest BCUT2D eigenvalue weighted by Gasteiger charge is -2.11. The van der Waals surface area contributed by atoms with E-state index in [1.165, 1.54) is 32.2 Å². The number of aromatic hydroxyl groups is 1. The Morgan fingerprint density at radius 1 is 1.41 bits per heavy atom. The molecule has 1 aromatic rings. The van der Waals surface area contributed by atoms with E-state index in [0.29, 0.717) is 5.56 Å². The van der Waals surface area contributed by atoms with Crippen molar-refractivity contribution in [3.8, 4) is 11.5 Å². The first-order chi connectivity index (χ1) is 7.95. The van der Waals surface area contributed by atoms with E-state index < -0.39 is 18.0 Å². The molecule has 6 nitrogen and oxygen atoms in total. The monoisotopic (exact) mass is 239 g/mol. The number of ether oxygens (including phenoxy) is 2. The van der Waals surface area contributed by atoms with Crippen molar-refractivity contribution in [2.75, 3.05) is 7.11 Å². The molecule has 0 unspecified atom stereocenters. The number of rotatable bonds is 3. The van der Waals surface area contributed by atoms with Crippen molar-refractivity contribution in [3.05, 3.63) is 23.8 Å². The third kappa shape index (κ3) is 3.18. The zero-order chi connectivity index (χ0) is 13.0. The molecule has 0 spiro atoms. The molecule has 0 heterocycles. The minimum atomic E-state index is -0.989. The Bertz CT molecular complexity index is 443. The van der Waals surface area contributed by atoms with Gasteiger partial charge in [-0.25, -0.2) is 0 Å². The quantitative estimate of drug-likeness (QED) is 0.588. The lowest BCUT2D eigenvalue weighted by molar-refractivity contribution is -0.142. The van der Waals surface area contributed by atoms with Gasteiger partial charge in [-0.1, -0.05) is 6.07 Å². The van der Waals surface area contributed by atoms with Crippen LogP contribution in [0.15, 0.2) is 18.2 Å². The van der Waals surface area contributed by atoms with Gasteiger partial charge in [-0.3, -0.25) is 9.59 Å². The highest BCUT2D eigenvalue weighted by atomic mass is 16.5. The fourth-order valence-corrected chi connectivity index (χ4v) is 1.23. The summed E-state index contributed by atoms with van der Waals surface area (Å²) < 4.78 is 9.19. The molecule has 0 aliphatic rings. The average molecular weight is 239 g/mol. The molecule has 0 aliphatic carbocycles. The molecular formula is C11H13NO5. The van der Waals surface area contributed by atoms with Crippen molar-refractivity contribution in [3.63, 3.8) is 0 Å². The van der Waals surface area contributed by atoms with Crippen molar-refractivity contribution < 1.29 is 24.2 Å². The highest BCUT2D eigenvalue weighted by Gasteiger charge is 2.18. The van der Waals surface area contributed by atoms with E-state index in [1.807, 2.05) is 0 Å². The molecule has 1 rings (SSSR count). The number of nitrogens with two attached hydrogens (primary N) is 1. The first-order valence-corrected chi connectivity index (χ1v) is 4.80. The average Bonchev–Trinajstić information content (AvgIpc) is 2.29. The Labute approximate surface area is 97.9 Å². The van der Waals surface area contributed by atoms with Crippen molar-refractivity contribution >= 4 is 11.9 Å². The van der Waals surface area contributed by atoms with Crippen molar-refractivity contribution in [2.45, 2.75) is 13.0 Å². The maximum atomic E-state index is 11.2. The van der Waals surface area contributed by atoms with Gasteiger partial charge in [-0.05, 0) is 17.7 Å². The summed E-state index contributed by atoms with van der Waals surface area (Å²) in [7, 11) is 1.22. The number of methoxy groups -OCH3 is 1. The Morgan fingerprint density at radius 3 is 2.53 bits per heavy atom. The number of carbonyl (C=O) groups excluding carboxylic acids is 2. The van der Waals surface area contributed by atoms with E-state index >= 15 is 0 Å². The van der Waals surface area contributed by atoms with E-state index in [9.17, 15) is 14.7 Å². The van der Waals surface area contributed by atoms with Crippen molar-refractivity contribution in [2.24, 2.45) is 5.73 Å². The number of hydrogen-bond acceptors (Lipinski definition) is 6. The maximum absolute atomic E-state index is 11.2. The molecule has 92 valence electrons. The molecule has 0 aliphatic heterocycles. The molecular weight excluding hydrogens is 226 g/mol. The van der Waals surface area contributed by atoms with E-state index in [-0.39, 0.29) is 11.5 Å². The normalized spacial score (nSPS) is 11.7. The van der Waals surface area contributed by atoms with Gasteiger partial charge in [0.1, 0.15) is 6.04 Å². The van der Waals surface area contributed by atoms with Crippen molar-refractivity contribution in [1.29, 1.82) is 0 Å². The van der Waals surface area contributed by atoms with Gasteiger partial charge in [0.05, 0.1) is 7.11 Å². The summed E-state index contributed by atoms with van der Waals surface area (Å²) in [6, 6.07) is 3.09. The molecule has 0 fully saturated rings. The molecule has 1 atom stereocenters. The van der Waals surface area contributed by atoms with E-state index in [2.05, 4.69) is 4.74 Å². The molecule has 0 amide bonds. The summed E-state index contributed by atoms with van der Waals surface area (Å²) in [5, 5.41) is 9.56. The summed E-state index contributed by atoms with van der Waals surface area (Å²) in [6.45, 7) is 1.22. The van der Waals surface area contributed by atoms with Crippen LogP contribution in [0.4, 0.5) is 0 Å². The molecule has 0 aromatic heterocycles. The van der Waals surface area contributed by atoms with Gasteiger partial charge in [-0.15, -0.1) is 0 Å². The maximum Gasteiger partial charge on any atom is 0.327 e. The van der Waals surface area contributed by atoms with Crippen LogP contribution in [-0.4, -0.2) is 24.2 Å². The first kappa shape index (κ1) is 13.0. The second-order valence-corrected chi connectivity index (χ2v) is 3.32. The van der Waals surface area contributed by atoms with Crippen LogP contribution in [0.1, 0.15) is 18.5 Å². The third-order valence-electron chi connectivity index (χ3n) is 2.05. The van der Waals surface area contributed by atoms with Crippen LogP contribution in [0.2, 0.25) is 0 Å². The number of hydrogen-bond donors (Lipinski definition) is 2. The fraction of sp³-hybridized carbons (Fsp3) is 0.273. The van der Waals surface area contributed by atoms with Crippen LogP contribution in [0.5, 0.6) is 11.5 Å². The lowest BCUT2D eigenvalue weighted by atomic mass is 10.1. The number of carbonyl (C=O) groups is 2. The minimum absolute atomic E-state index is 0.0123. The van der Waals surface area contributed by atoms with Gasteiger partial charge >= 0.3 is 11.9 Å². The van der Waals surface area contributed by atoms with Crippen LogP contribution in [0, 0.1) is 0 Å². The Hall–Kier alpha value is -2.08. The summed E-state index contributed by atoms with van der Waals surface area (Å²) in [4.78, 5) is 21.9. The summed E-state index contributed by atoms with van der Waals surface area (Å²) in [6.07, 6.45) is 0. The predicted octanol–water partition coefficient (Wildman–Crippen LogP) is 0.490. The van der Waals surface area contributed by atoms with E-state index in [1.54, 1.807) is 0 Å². The molecule has 6 heteroatoms. The molecule has 17 heavy (non-hydrogen) atoms. The standard InChI is InChI=1S/C11H13NO5/c1-6(13)17-9-4-3-7(5-8(9)14)10(12)11(15)16-2/h3-5,10,14H,12H2,1-2H3/t10-/m0/s1. The highest BCUT2D eigenvalue weighted by Crippen LogP contribution is 2.29. The van der Waals surface area contributed by atoms with Gasteiger partial charge in [0.2, 0.25) is 0 Å². The molecule has 0 saturated carbocycles. The summed E-state index contributed by atoms with van der Waals surface area (Å²) in [5.41, 5.74) is 5.94. The van der Waals surface area contributed by atoms with Crippen LogP contribution < -0.4 is 10.5 Å². The zero-order valence-electron chi connectivity index (χ0n) is 9.47. The zero-order valence-corrected chi connectivity index (χ0v) is 9.47. The molecule has 0 bridgehead atoms.